The van der Waals surface area contributed by atoms with Gasteiger partial charge in [-0.3, -0.25) is 4.79 Å². The van der Waals surface area contributed by atoms with Crippen molar-refractivity contribution in [3.05, 3.63) is 58.7 Å². The minimum atomic E-state index is -3.69. The third-order valence-corrected chi connectivity index (χ3v) is 7.42. The molecular formula is C23H30N2O4S. The van der Waals surface area contributed by atoms with Gasteiger partial charge in [0.15, 0.2) is 0 Å². The number of sulfonamides is 1. The molecule has 1 saturated heterocycles. The summed E-state index contributed by atoms with van der Waals surface area (Å²) in [7, 11) is -3.69. The molecule has 3 rings (SSSR count). The van der Waals surface area contributed by atoms with Gasteiger partial charge in [0.2, 0.25) is 10.0 Å². The Bertz CT molecular complexity index is 1040. The molecule has 2 aromatic carbocycles. The summed E-state index contributed by atoms with van der Waals surface area (Å²) < 4.78 is 33.1. The third kappa shape index (κ3) is 4.43. The zero-order valence-electron chi connectivity index (χ0n) is 18.3. The Morgan fingerprint density at radius 3 is 2.27 bits per heavy atom. The molecule has 1 fully saturated rings. The van der Waals surface area contributed by atoms with Crippen molar-refractivity contribution in [1.29, 1.82) is 0 Å². The Kier molecular flexibility index (Phi) is 6.65. The van der Waals surface area contributed by atoms with E-state index in [0.29, 0.717) is 37.4 Å². The minimum Gasteiger partial charge on any atom is -0.379 e. The van der Waals surface area contributed by atoms with Gasteiger partial charge in [-0.05, 0) is 69.5 Å². The van der Waals surface area contributed by atoms with Gasteiger partial charge < -0.3 is 9.64 Å². The number of hydrogen-bond acceptors (Lipinski definition) is 4. The van der Waals surface area contributed by atoms with Crippen molar-refractivity contribution in [3.8, 4) is 0 Å². The molecule has 0 spiro atoms. The summed E-state index contributed by atoms with van der Waals surface area (Å²) in [4.78, 5) is 15.4. The number of rotatable bonds is 5. The molecule has 0 radical (unpaired) electrons. The fourth-order valence-corrected chi connectivity index (χ4v) is 5.34. The normalized spacial score (nSPS) is 15.4. The van der Waals surface area contributed by atoms with E-state index in [1.165, 1.54) is 10.4 Å². The van der Waals surface area contributed by atoms with Crippen LogP contribution < -0.4 is 4.90 Å². The lowest BCUT2D eigenvalue weighted by Gasteiger charge is -2.30. The van der Waals surface area contributed by atoms with Gasteiger partial charge in [0.05, 0.1) is 18.1 Å². The van der Waals surface area contributed by atoms with Gasteiger partial charge >= 0.3 is 0 Å². The van der Waals surface area contributed by atoms with Crippen LogP contribution in [0.5, 0.6) is 0 Å². The fourth-order valence-electron chi connectivity index (χ4n) is 3.68. The van der Waals surface area contributed by atoms with E-state index in [9.17, 15) is 13.2 Å². The number of carbonyl (C=O) groups is 1. The first kappa shape index (κ1) is 22.5. The number of carbonyl (C=O) groups excluding carboxylic acids is 1. The molecule has 0 atom stereocenters. The first-order valence-electron chi connectivity index (χ1n) is 10.2. The summed E-state index contributed by atoms with van der Waals surface area (Å²) in [6, 6.07) is 10.9. The SMILES string of the molecule is Cc1ccc(C)c(N(C(=O)c2ccc(C)c(S(=O)(=O)N3CCOCC3)c2)C(C)C)c1. The summed E-state index contributed by atoms with van der Waals surface area (Å²) in [5.41, 5.74) is 3.89. The highest BCUT2D eigenvalue weighted by Crippen LogP contribution is 2.28. The van der Waals surface area contributed by atoms with Crippen molar-refractivity contribution in [3.63, 3.8) is 0 Å². The Balaban J connectivity index is 2.03. The number of anilines is 1. The predicted molar refractivity (Wildman–Crippen MR) is 119 cm³/mol. The van der Waals surface area contributed by atoms with Gasteiger partial charge in [-0.15, -0.1) is 0 Å². The van der Waals surface area contributed by atoms with Crippen LogP contribution in [0, 0.1) is 20.8 Å². The highest BCUT2D eigenvalue weighted by molar-refractivity contribution is 7.89. The number of nitrogens with zero attached hydrogens (tertiary/aromatic N) is 2. The molecule has 162 valence electrons. The molecule has 1 aliphatic heterocycles. The molecule has 7 heteroatoms. The minimum absolute atomic E-state index is 0.0846. The second-order valence-electron chi connectivity index (χ2n) is 8.06. The van der Waals surface area contributed by atoms with Crippen LogP contribution in [-0.2, 0) is 14.8 Å². The zero-order valence-corrected chi connectivity index (χ0v) is 19.1. The van der Waals surface area contributed by atoms with Crippen LogP contribution in [0.2, 0.25) is 0 Å². The smallest absolute Gasteiger partial charge is 0.258 e. The second kappa shape index (κ2) is 8.88. The average molecular weight is 431 g/mol. The first-order chi connectivity index (χ1) is 14.1. The van der Waals surface area contributed by atoms with Crippen LogP contribution >= 0.6 is 0 Å². The maximum atomic E-state index is 13.5. The van der Waals surface area contributed by atoms with E-state index in [1.54, 1.807) is 24.0 Å². The highest BCUT2D eigenvalue weighted by Gasteiger charge is 2.30. The summed E-state index contributed by atoms with van der Waals surface area (Å²) in [6.07, 6.45) is 0. The van der Waals surface area contributed by atoms with Gasteiger partial charge in [0.1, 0.15) is 0 Å². The molecule has 1 heterocycles. The number of morpholine rings is 1. The quantitative estimate of drug-likeness (QED) is 0.726. The lowest BCUT2D eigenvalue weighted by atomic mass is 10.1. The van der Waals surface area contributed by atoms with Crippen molar-refractivity contribution >= 4 is 21.6 Å². The Morgan fingerprint density at radius 1 is 1.00 bits per heavy atom. The predicted octanol–water partition coefficient (Wildman–Crippen LogP) is 3.69. The molecule has 2 aromatic rings. The number of ether oxygens (including phenoxy) is 1. The topological polar surface area (TPSA) is 66.9 Å². The molecule has 0 saturated carbocycles. The van der Waals surface area contributed by atoms with E-state index in [0.717, 1.165) is 16.8 Å². The van der Waals surface area contributed by atoms with Crippen molar-refractivity contribution in [2.24, 2.45) is 0 Å². The standard InChI is InChI=1S/C23H30N2O4S/c1-16(2)25(21-14-17(3)6-7-18(21)4)23(26)20-9-8-19(5)22(15-20)30(27,28)24-10-12-29-13-11-24/h6-9,14-16H,10-13H2,1-5H3. The molecule has 0 N–H and O–H groups in total. The van der Waals surface area contributed by atoms with Gasteiger partial charge in [0, 0.05) is 30.4 Å². The highest BCUT2D eigenvalue weighted by atomic mass is 32.2. The van der Waals surface area contributed by atoms with Crippen molar-refractivity contribution < 1.29 is 17.9 Å². The lowest BCUT2D eigenvalue weighted by Crippen LogP contribution is -2.41. The molecule has 1 aliphatic rings. The number of amides is 1. The number of hydrogen-bond donors (Lipinski definition) is 0. The maximum Gasteiger partial charge on any atom is 0.258 e. The van der Waals surface area contributed by atoms with E-state index in [-0.39, 0.29) is 16.8 Å². The van der Waals surface area contributed by atoms with Crippen LogP contribution in [0.4, 0.5) is 5.69 Å². The monoisotopic (exact) mass is 430 g/mol. The van der Waals surface area contributed by atoms with E-state index in [4.69, 9.17) is 4.74 Å². The van der Waals surface area contributed by atoms with Crippen LogP contribution in [0.25, 0.3) is 0 Å². The molecule has 0 aliphatic carbocycles. The molecular weight excluding hydrogens is 400 g/mol. The number of aryl methyl sites for hydroxylation is 3. The first-order valence-corrected chi connectivity index (χ1v) is 11.7. The fraction of sp³-hybridized carbons (Fsp3) is 0.435. The summed E-state index contributed by atoms with van der Waals surface area (Å²) >= 11 is 0. The second-order valence-corrected chi connectivity index (χ2v) is 9.96. The van der Waals surface area contributed by atoms with Gasteiger partial charge in [-0.1, -0.05) is 18.2 Å². The van der Waals surface area contributed by atoms with E-state index in [1.807, 2.05) is 45.9 Å². The van der Waals surface area contributed by atoms with Crippen LogP contribution in [0.15, 0.2) is 41.3 Å². The Labute approximate surface area is 179 Å². The molecule has 6 nitrogen and oxygen atoms in total. The molecule has 1 amide bonds. The van der Waals surface area contributed by atoms with E-state index in [2.05, 4.69) is 0 Å². The molecule has 0 unspecified atom stereocenters. The summed E-state index contributed by atoms with van der Waals surface area (Å²) in [5.74, 6) is -0.211. The molecule has 0 aromatic heterocycles. The van der Waals surface area contributed by atoms with Crippen molar-refractivity contribution in [2.75, 3.05) is 31.2 Å². The molecule has 0 bridgehead atoms. The maximum absolute atomic E-state index is 13.5. The van der Waals surface area contributed by atoms with Crippen molar-refractivity contribution in [1.82, 2.24) is 4.31 Å². The third-order valence-electron chi connectivity index (χ3n) is 5.38. The largest absolute Gasteiger partial charge is 0.379 e. The molecule has 30 heavy (non-hydrogen) atoms. The van der Waals surface area contributed by atoms with Gasteiger partial charge in [-0.2, -0.15) is 4.31 Å². The van der Waals surface area contributed by atoms with Crippen LogP contribution in [0.3, 0.4) is 0 Å². The summed E-state index contributed by atoms with van der Waals surface area (Å²) in [5, 5.41) is 0. The lowest BCUT2D eigenvalue weighted by molar-refractivity contribution is 0.0730. The van der Waals surface area contributed by atoms with E-state index < -0.39 is 10.0 Å². The van der Waals surface area contributed by atoms with Gasteiger partial charge in [0.25, 0.3) is 5.91 Å². The average Bonchev–Trinajstić information content (AvgIpc) is 2.71. The van der Waals surface area contributed by atoms with Gasteiger partial charge in [-0.25, -0.2) is 8.42 Å². The van der Waals surface area contributed by atoms with E-state index >= 15 is 0 Å². The Hall–Kier alpha value is -2.22. The Morgan fingerprint density at radius 2 is 1.63 bits per heavy atom. The summed E-state index contributed by atoms with van der Waals surface area (Å²) in [6.45, 7) is 11.0. The zero-order chi connectivity index (χ0) is 22.1. The number of benzene rings is 2. The van der Waals surface area contributed by atoms with Crippen LogP contribution in [0.1, 0.15) is 40.9 Å². The van der Waals surface area contributed by atoms with Crippen molar-refractivity contribution in [2.45, 2.75) is 45.6 Å². The van der Waals surface area contributed by atoms with Crippen LogP contribution in [-0.4, -0.2) is 51.0 Å².